The highest BCUT2D eigenvalue weighted by Gasteiger charge is 2.17. The second kappa shape index (κ2) is 7.36. The SMILES string of the molecule is CCn1nc(C)c(Br)c1CN(CCC(N)=S)C(C)C. The van der Waals surface area contributed by atoms with Gasteiger partial charge in [0.15, 0.2) is 0 Å². The van der Waals surface area contributed by atoms with E-state index in [2.05, 4.69) is 51.4 Å². The third kappa shape index (κ3) is 4.54. The van der Waals surface area contributed by atoms with Crippen LogP contribution in [0.5, 0.6) is 0 Å². The van der Waals surface area contributed by atoms with Crippen LogP contribution in [0.25, 0.3) is 0 Å². The van der Waals surface area contributed by atoms with E-state index >= 15 is 0 Å². The molecule has 0 saturated heterocycles. The number of nitrogens with zero attached hydrogens (tertiary/aromatic N) is 3. The van der Waals surface area contributed by atoms with Gasteiger partial charge >= 0.3 is 0 Å². The van der Waals surface area contributed by atoms with Gasteiger partial charge in [-0.25, -0.2) is 0 Å². The lowest BCUT2D eigenvalue weighted by Gasteiger charge is -2.26. The van der Waals surface area contributed by atoms with Gasteiger partial charge in [0.25, 0.3) is 0 Å². The molecule has 1 rings (SSSR count). The van der Waals surface area contributed by atoms with Crippen molar-refractivity contribution in [2.45, 2.75) is 53.2 Å². The van der Waals surface area contributed by atoms with Crippen molar-refractivity contribution in [1.82, 2.24) is 14.7 Å². The van der Waals surface area contributed by atoms with Gasteiger partial charge in [-0.05, 0) is 43.6 Å². The maximum Gasteiger partial charge on any atom is 0.0740 e. The Morgan fingerprint density at radius 2 is 2.16 bits per heavy atom. The van der Waals surface area contributed by atoms with Crippen molar-refractivity contribution in [3.05, 3.63) is 15.9 Å². The maximum atomic E-state index is 5.60. The van der Waals surface area contributed by atoms with Gasteiger partial charge in [0.2, 0.25) is 0 Å². The summed E-state index contributed by atoms with van der Waals surface area (Å²) in [6, 6.07) is 0.446. The first-order valence-corrected chi connectivity index (χ1v) is 7.81. The van der Waals surface area contributed by atoms with Gasteiger partial charge in [-0.1, -0.05) is 12.2 Å². The summed E-state index contributed by atoms with van der Waals surface area (Å²) in [5.74, 6) is 0. The van der Waals surface area contributed by atoms with E-state index in [0.29, 0.717) is 11.0 Å². The van der Waals surface area contributed by atoms with Crippen LogP contribution in [-0.4, -0.2) is 32.3 Å². The van der Waals surface area contributed by atoms with Crippen molar-refractivity contribution in [1.29, 1.82) is 0 Å². The zero-order valence-electron chi connectivity index (χ0n) is 12.1. The van der Waals surface area contributed by atoms with Crippen LogP contribution in [0.15, 0.2) is 4.47 Å². The first kappa shape index (κ1) is 16.6. The van der Waals surface area contributed by atoms with Crippen molar-refractivity contribution >= 4 is 33.1 Å². The van der Waals surface area contributed by atoms with Gasteiger partial charge in [-0.2, -0.15) is 5.10 Å². The lowest BCUT2D eigenvalue weighted by molar-refractivity contribution is 0.212. The van der Waals surface area contributed by atoms with E-state index in [9.17, 15) is 0 Å². The molecule has 6 heteroatoms. The molecule has 0 radical (unpaired) electrons. The summed E-state index contributed by atoms with van der Waals surface area (Å²) in [7, 11) is 0. The van der Waals surface area contributed by atoms with E-state index in [1.165, 1.54) is 5.69 Å². The molecule has 0 spiro atoms. The molecule has 1 heterocycles. The summed E-state index contributed by atoms with van der Waals surface area (Å²) >= 11 is 8.61. The maximum absolute atomic E-state index is 5.60. The van der Waals surface area contributed by atoms with Crippen LogP contribution >= 0.6 is 28.1 Å². The molecule has 2 N–H and O–H groups in total. The van der Waals surface area contributed by atoms with Crippen LogP contribution in [-0.2, 0) is 13.1 Å². The Balaban J connectivity index is 2.87. The number of halogens is 1. The van der Waals surface area contributed by atoms with Crippen LogP contribution in [0.1, 0.15) is 38.6 Å². The topological polar surface area (TPSA) is 47.1 Å². The lowest BCUT2D eigenvalue weighted by atomic mass is 10.2. The fourth-order valence-corrected chi connectivity index (χ4v) is 2.49. The van der Waals surface area contributed by atoms with Gasteiger partial charge in [-0.15, -0.1) is 0 Å². The van der Waals surface area contributed by atoms with E-state index in [1.807, 2.05) is 6.92 Å². The highest BCUT2D eigenvalue weighted by Crippen LogP contribution is 2.23. The number of nitrogens with two attached hydrogens (primary N) is 1. The molecule has 0 aliphatic carbocycles. The first-order valence-electron chi connectivity index (χ1n) is 6.60. The molecule has 0 aliphatic rings. The number of aryl methyl sites for hydroxylation is 2. The first-order chi connectivity index (χ1) is 8.86. The van der Waals surface area contributed by atoms with Gasteiger partial charge in [0, 0.05) is 32.1 Å². The predicted octanol–water partition coefficient (Wildman–Crippen LogP) is 2.86. The van der Waals surface area contributed by atoms with E-state index in [1.54, 1.807) is 0 Å². The quantitative estimate of drug-likeness (QED) is 0.771. The zero-order chi connectivity index (χ0) is 14.6. The minimum Gasteiger partial charge on any atom is -0.393 e. The van der Waals surface area contributed by atoms with Crippen molar-refractivity contribution in [3.63, 3.8) is 0 Å². The van der Waals surface area contributed by atoms with Crippen LogP contribution < -0.4 is 5.73 Å². The summed E-state index contributed by atoms with van der Waals surface area (Å²) in [5, 5.41) is 4.53. The normalized spacial score (nSPS) is 11.5. The standard InChI is InChI=1S/C13H23BrN4S/c1-5-18-11(13(14)10(4)16-18)8-17(9(2)3)7-6-12(15)19/h9H,5-8H2,1-4H3,(H2,15,19). The molecular weight excluding hydrogens is 324 g/mol. The van der Waals surface area contributed by atoms with Gasteiger partial charge in [0.1, 0.15) is 0 Å². The van der Waals surface area contributed by atoms with E-state index in [-0.39, 0.29) is 0 Å². The Kier molecular flexibility index (Phi) is 6.42. The minimum absolute atomic E-state index is 0.446. The highest BCUT2D eigenvalue weighted by atomic mass is 79.9. The highest BCUT2D eigenvalue weighted by molar-refractivity contribution is 9.10. The molecule has 19 heavy (non-hydrogen) atoms. The molecular formula is C13H23BrN4S. The Bertz CT molecular complexity index is 442. The second-order valence-electron chi connectivity index (χ2n) is 4.94. The summed E-state index contributed by atoms with van der Waals surface area (Å²) in [6.07, 6.45) is 0.754. The third-order valence-corrected chi connectivity index (χ3v) is 4.42. The molecule has 0 bridgehead atoms. The second-order valence-corrected chi connectivity index (χ2v) is 6.26. The molecule has 0 atom stereocenters. The van der Waals surface area contributed by atoms with Gasteiger partial charge < -0.3 is 5.73 Å². The number of hydrogen-bond acceptors (Lipinski definition) is 3. The lowest BCUT2D eigenvalue weighted by Crippen LogP contribution is -2.34. The monoisotopic (exact) mass is 346 g/mol. The average Bonchev–Trinajstić information content (AvgIpc) is 2.60. The molecule has 0 saturated carbocycles. The fourth-order valence-electron chi connectivity index (χ4n) is 1.99. The van der Waals surface area contributed by atoms with Crippen LogP contribution in [0.3, 0.4) is 0 Å². The van der Waals surface area contributed by atoms with Crippen LogP contribution in [0.4, 0.5) is 0 Å². The van der Waals surface area contributed by atoms with E-state index in [4.69, 9.17) is 18.0 Å². The Hall–Kier alpha value is -0.460. The number of rotatable bonds is 7. The molecule has 0 unspecified atom stereocenters. The van der Waals surface area contributed by atoms with E-state index < -0.39 is 0 Å². The third-order valence-electron chi connectivity index (χ3n) is 3.18. The Morgan fingerprint density at radius 1 is 1.53 bits per heavy atom. The van der Waals surface area contributed by atoms with Crippen molar-refractivity contribution < 1.29 is 0 Å². The number of hydrogen-bond donors (Lipinski definition) is 1. The number of thiocarbonyl (C=S) groups is 1. The largest absolute Gasteiger partial charge is 0.393 e. The summed E-state index contributed by atoms with van der Waals surface area (Å²) < 4.78 is 3.16. The summed E-state index contributed by atoms with van der Waals surface area (Å²) in [6.45, 7) is 11.1. The number of aromatic nitrogens is 2. The molecule has 0 aromatic carbocycles. The smallest absolute Gasteiger partial charge is 0.0740 e. The van der Waals surface area contributed by atoms with Crippen molar-refractivity contribution in [2.24, 2.45) is 5.73 Å². The molecule has 1 aromatic heterocycles. The minimum atomic E-state index is 0.446. The van der Waals surface area contributed by atoms with Crippen molar-refractivity contribution in [2.75, 3.05) is 6.54 Å². The van der Waals surface area contributed by atoms with E-state index in [0.717, 1.165) is 36.2 Å². The summed E-state index contributed by atoms with van der Waals surface area (Å²) in [5.41, 5.74) is 7.86. The molecule has 108 valence electrons. The Morgan fingerprint density at radius 3 is 2.63 bits per heavy atom. The molecule has 1 aromatic rings. The van der Waals surface area contributed by atoms with Crippen molar-refractivity contribution in [3.8, 4) is 0 Å². The Labute approximate surface area is 129 Å². The molecule has 0 aliphatic heterocycles. The van der Waals surface area contributed by atoms with Crippen LogP contribution in [0.2, 0.25) is 0 Å². The average molecular weight is 347 g/mol. The van der Waals surface area contributed by atoms with Crippen LogP contribution in [0, 0.1) is 6.92 Å². The van der Waals surface area contributed by atoms with Gasteiger partial charge in [-0.3, -0.25) is 9.58 Å². The predicted molar refractivity (Wildman–Crippen MR) is 87.3 cm³/mol. The van der Waals surface area contributed by atoms with Gasteiger partial charge in [0.05, 0.1) is 20.8 Å². The molecule has 0 amide bonds. The fraction of sp³-hybridized carbons (Fsp3) is 0.692. The molecule has 0 fully saturated rings. The summed E-state index contributed by atoms with van der Waals surface area (Å²) in [4.78, 5) is 2.94. The molecule has 4 nitrogen and oxygen atoms in total. The zero-order valence-corrected chi connectivity index (χ0v) is 14.5.